The Kier molecular flexibility index (Phi) is 5.91. The number of aryl methyl sites for hydroxylation is 3. The number of benzene rings is 2. The molecule has 0 bridgehead atoms. The molecule has 0 spiro atoms. The smallest absolute Gasteiger partial charge is 0.282 e. The van der Waals surface area contributed by atoms with Gasteiger partial charge in [-0.3, -0.25) is 9.59 Å². The van der Waals surface area contributed by atoms with Gasteiger partial charge in [0.2, 0.25) is 0 Å². The molecule has 4 rings (SSSR count). The van der Waals surface area contributed by atoms with Crippen LogP contribution in [0.5, 0.6) is 0 Å². The summed E-state index contributed by atoms with van der Waals surface area (Å²) in [6.07, 6.45) is 0. The molecular weight excluding hydrogens is 410 g/mol. The highest BCUT2D eigenvalue weighted by atomic mass is 35.5. The second kappa shape index (κ2) is 8.48. The molecule has 2 aliphatic heterocycles. The zero-order valence-electron chi connectivity index (χ0n) is 18.5. The summed E-state index contributed by atoms with van der Waals surface area (Å²) in [5.41, 5.74) is 5.43. The number of rotatable bonds is 4. The van der Waals surface area contributed by atoms with Crippen molar-refractivity contribution in [1.29, 1.82) is 0 Å². The molecule has 2 aromatic rings. The van der Waals surface area contributed by atoms with Gasteiger partial charge in [0.25, 0.3) is 11.8 Å². The predicted molar refractivity (Wildman–Crippen MR) is 125 cm³/mol. The van der Waals surface area contributed by atoms with E-state index in [4.69, 9.17) is 11.6 Å². The van der Waals surface area contributed by atoms with Crippen LogP contribution in [-0.2, 0) is 9.59 Å². The first-order valence-corrected chi connectivity index (χ1v) is 11.1. The maximum Gasteiger partial charge on any atom is 0.282 e. The van der Waals surface area contributed by atoms with Crippen LogP contribution >= 0.6 is 11.6 Å². The van der Waals surface area contributed by atoms with Crippen molar-refractivity contribution in [3.05, 3.63) is 69.4 Å². The van der Waals surface area contributed by atoms with Gasteiger partial charge in [0.05, 0.1) is 11.3 Å². The maximum absolute atomic E-state index is 13.6. The van der Waals surface area contributed by atoms with Crippen molar-refractivity contribution in [2.75, 3.05) is 37.6 Å². The van der Waals surface area contributed by atoms with Crippen LogP contribution in [0.25, 0.3) is 5.57 Å². The van der Waals surface area contributed by atoms with Gasteiger partial charge in [-0.25, -0.2) is 4.90 Å². The van der Waals surface area contributed by atoms with Crippen molar-refractivity contribution in [3.63, 3.8) is 0 Å². The average molecular weight is 438 g/mol. The first kappa shape index (κ1) is 21.6. The van der Waals surface area contributed by atoms with Crippen LogP contribution in [0.2, 0.25) is 5.02 Å². The molecular formula is C25H28ClN3O2. The summed E-state index contributed by atoms with van der Waals surface area (Å²) in [6.45, 7) is 12.3. The van der Waals surface area contributed by atoms with Crippen molar-refractivity contribution in [2.45, 2.75) is 27.7 Å². The molecule has 31 heavy (non-hydrogen) atoms. The first-order chi connectivity index (χ1) is 14.8. The van der Waals surface area contributed by atoms with E-state index in [1.165, 1.54) is 4.90 Å². The molecule has 5 nitrogen and oxygen atoms in total. The Balaban J connectivity index is 1.81. The molecule has 0 unspecified atom stereocenters. The van der Waals surface area contributed by atoms with Crippen molar-refractivity contribution in [2.24, 2.45) is 0 Å². The highest BCUT2D eigenvalue weighted by molar-refractivity contribution is 6.45. The first-order valence-electron chi connectivity index (χ1n) is 10.8. The molecule has 2 heterocycles. The van der Waals surface area contributed by atoms with Crippen molar-refractivity contribution >= 4 is 34.7 Å². The standard InChI is InChI=1S/C25H28ClN3O2/c1-5-27-10-12-28(13-11-27)23-22(19-8-6-16(2)18(4)14-19)24(30)29(25(23)31)20-9-7-17(3)21(26)15-20/h6-9,14-15H,5,10-13H2,1-4H3. The van der Waals surface area contributed by atoms with Crippen molar-refractivity contribution < 1.29 is 9.59 Å². The van der Waals surface area contributed by atoms with Gasteiger partial charge in [0, 0.05) is 31.2 Å². The summed E-state index contributed by atoms with van der Waals surface area (Å²) in [6, 6.07) is 11.3. The number of likely N-dealkylation sites (N-methyl/N-ethyl adjacent to an activating group) is 1. The van der Waals surface area contributed by atoms with Gasteiger partial charge in [-0.05, 0) is 61.7 Å². The van der Waals surface area contributed by atoms with Crippen LogP contribution in [0.4, 0.5) is 5.69 Å². The number of halogens is 1. The molecule has 2 aromatic carbocycles. The summed E-state index contributed by atoms with van der Waals surface area (Å²) >= 11 is 6.32. The highest BCUT2D eigenvalue weighted by Crippen LogP contribution is 2.36. The van der Waals surface area contributed by atoms with Gasteiger partial charge in [0.15, 0.2) is 0 Å². The van der Waals surface area contributed by atoms with Gasteiger partial charge < -0.3 is 9.80 Å². The molecule has 2 amide bonds. The lowest BCUT2D eigenvalue weighted by molar-refractivity contribution is -0.120. The van der Waals surface area contributed by atoms with Crippen molar-refractivity contribution in [1.82, 2.24) is 9.80 Å². The van der Waals surface area contributed by atoms with Crippen LogP contribution in [0.1, 0.15) is 29.2 Å². The third-order valence-corrected chi connectivity index (χ3v) is 6.81. The molecule has 162 valence electrons. The van der Waals surface area contributed by atoms with E-state index in [9.17, 15) is 9.59 Å². The third kappa shape index (κ3) is 3.88. The van der Waals surface area contributed by atoms with E-state index in [0.717, 1.165) is 55.0 Å². The quantitative estimate of drug-likeness (QED) is 0.673. The SMILES string of the molecule is CCN1CCN(C2=C(c3ccc(C)c(C)c3)C(=O)N(c3ccc(C)c(Cl)c3)C2=O)CC1. The third-order valence-electron chi connectivity index (χ3n) is 6.40. The van der Waals surface area contributed by atoms with Crippen LogP contribution in [0.3, 0.4) is 0 Å². The Morgan fingerprint density at radius 1 is 0.839 bits per heavy atom. The van der Waals surface area contributed by atoms with Gasteiger partial charge >= 0.3 is 0 Å². The summed E-state index contributed by atoms with van der Waals surface area (Å²) in [5, 5.41) is 0.538. The minimum Gasteiger partial charge on any atom is -0.364 e. The summed E-state index contributed by atoms with van der Waals surface area (Å²) in [7, 11) is 0. The fraction of sp³-hybridized carbons (Fsp3) is 0.360. The molecule has 0 atom stereocenters. The Labute approximate surface area is 188 Å². The second-order valence-electron chi connectivity index (χ2n) is 8.32. The summed E-state index contributed by atoms with van der Waals surface area (Å²) < 4.78 is 0. The van der Waals surface area contributed by atoms with E-state index in [1.807, 2.05) is 45.0 Å². The van der Waals surface area contributed by atoms with E-state index in [1.54, 1.807) is 12.1 Å². The summed E-state index contributed by atoms with van der Waals surface area (Å²) in [5.74, 6) is -0.566. The monoisotopic (exact) mass is 437 g/mol. The average Bonchev–Trinajstić information content (AvgIpc) is 3.02. The zero-order valence-corrected chi connectivity index (χ0v) is 19.3. The van der Waals surface area contributed by atoms with Crippen LogP contribution in [0, 0.1) is 20.8 Å². The number of nitrogens with zero attached hydrogens (tertiary/aromatic N) is 3. The molecule has 1 saturated heterocycles. The molecule has 0 radical (unpaired) electrons. The molecule has 1 fully saturated rings. The number of anilines is 1. The largest absolute Gasteiger partial charge is 0.364 e. The molecule has 0 N–H and O–H groups in total. The second-order valence-corrected chi connectivity index (χ2v) is 8.73. The van der Waals surface area contributed by atoms with Gasteiger partial charge in [0.1, 0.15) is 5.70 Å². The number of amides is 2. The lowest BCUT2D eigenvalue weighted by Gasteiger charge is -2.36. The number of hydrogen-bond donors (Lipinski definition) is 0. The highest BCUT2D eigenvalue weighted by Gasteiger charge is 2.43. The maximum atomic E-state index is 13.6. The fourth-order valence-corrected chi connectivity index (χ4v) is 4.39. The Morgan fingerprint density at radius 3 is 2.13 bits per heavy atom. The number of imide groups is 1. The normalized spacial score (nSPS) is 17.8. The summed E-state index contributed by atoms with van der Waals surface area (Å²) in [4.78, 5) is 33.0. The van der Waals surface area contributed by atoms with E-state index in [2.05, 4.69) is 16.7 Å². The van der Waals surface area contributed by atoms with Crippen LogP contribution < -0.4 is 4.90 Å². The number of piperazine rings is 1. The molecule has 0 aromatic heterocycles. The van der Waals surface area contributed by atoms with Crippen molar-refractivity contribution in [3.8, 4) is 0 Å². The minimum absolute atomic E-state index is 0.275. The van der Waals surface area contributed by atoms with Gasteiger partial charge in [-0.15, -0.1) is 0 Å². The van der Waals surface area contributed by atoms with E-state index in [-0.39, 0.29) is 11.8 Å². The van der Waals surface area contributed by atoms with Crippen LogP contribution in [0.15, 0.2) is 42.1 Å². The fourth-order valence-electron chi connectivity index (χ4n) is 4.21. The molecule has 0 aliphatic carbocycles. The van der Waals surface area contributed by atoms with E-state index < -0.39 is 0 Å². The number of carbonyl (C=O) groups excluding carboxylic acids is 2. The lowest BCUT2D eigenvalue weighted by Crippen LogP contribution is -2.47. The van der Waals surface area contributed by atoms with Gasteiger partial charge in [-0.1, -0.05) is 42.8 Å². The molecule has 6 heteroatoms. The Hall–Kier alpha value is -2.63. The number of hydrogen-bond acceptors (Lipinski definition) is 4. The zero-order chi connectivity index (χ0) is 22.3. The van der Waals surface area contributed by atoms with Gasteiger partial charge in [-0.2, -0.15) is 0 Å². The predicted octanol–water partition coefficient (Wildman–Crippen LogP) is 4.19. The minimum atomic E-state index is -0.291. The Bertz CT molecular complexity index is 1080. The van der Waals surface area contributed by atoms with Crippen LogP contribution in [-0.4, -0.2) is 54.3 Å². The molecule has 2 aliphatic rings. The van der Waals surface area contributed by atoms with E-state index in [0.29, 0.717) is 22.0 Å². The lowest BCUT2D eigenvalue weighted by atomic mass is 9.99. The number of carbonyl (C=O) groups is 2. The van der Waals surface area contributed by atoms with E-state index >= 15 is 0 Å². The topological polar surface area (TPSA) is 43.9 Å². The Morgan fingerprint density at radius 2 is 1.52 bits per heavy atom. The molecule has 0 saturated carbocycles.